The minimum absolute atomic E-state index is 0.226. The molecule has 0 radical (unpaired) electrons. The Balaban J connectivity index is 2.68. The van der Waals surface area contributed by atoms with E-state index in [0.29, 0.717) is 32.5 Å². The fourth-order valence-electron chi connectivity index (χ4n) is 3.56. The van der Waals surface area contributed by atoms with E-state index in [1.54, 1.807) is 12.2 Å². The van der Waals surface area contributed by atoms with E-state index in [1.165, 1.54) is 6.08 Å². The van der Waals surface area contributed by atoms with Gasteiger partial charge in [0.05, 0.1) is 31.0 Å². The normalized spacial score (nSPS) is 28.2. The minimum atomic E-state index is -1.03. The molecule has 1 saturated carbocycles. The van der Waals surface area contributed by atoms with Gasteiger partial charge in [0.2, 0.25) is 0 Å². The van der Waals surface area contributed by atoms with Crippen molar-refractivity contribution in [2.75, 3.05) is 13.2 Å². The van der Waals surface area contributed by atoms with Gasteiger partial charge in [0.25, 0.3) is 0 Å². The van der Waals surface area contributed by atoms with Gasteiger partial charge in [-0.05, 0) is 32.1 Å². The van der Waals surface area contributed by atoms with Gasteiger partial charge in [-0.3, -0.25) is 0 Å². The number of carbonyl (C=O) groups is 1. The molecule has 0 aromatic rings. The van der Waals surface area contributed by atoms with Crippen LogP contribution in [-0.4, -0.2) is 69.1 Å². The molecule has 7 nitrogen and oxygen atoms in total. The molecular weight excluding hydrogens is 364 g/mol. The first-order valence-electron chi connectivity index (χ1n) is 9.96. The van der Waals surface area contributed by atoms with Crippen LogP contribution in [0.2, 0.25) is 0 Å². The predicted octanol–water partition coefficient (Wildman–Crippen LogP) is 1.50. The molecule has 0 amide bonds. The number of carboxylic acid groups (broad SMARTS) is 1. The Bertz CT molecular complexity index is 529. The number of allylic oxidation sites excluding steroid dienone is 1. The van der Waals surface area contributed by atoms with E-state index in [-0.39, 0.29) is 18.3 Å². The molecule has 6 atom stereocenters. The summed E-state index contributed by atoms with van der Waals surface area (Å²) in [5, 5.41) is 49.8. The molecule has 1 fully saturated rings. The third-order valence-electron chi connectivity index (χ3n) is 5.38. The van der Waals surface area contributed by atoms with Crippen LogP contribution in [0.15, 0.2) is 24.3 Å². The van der Waals surface area contributed by atoms with Gasteiger partial charge in [-0.2, -0.15) is 0 Å². The number of hydrogen-bond donors (Lipinski definition) is 5. The average Bonchev–Trinajstić information content (AvgIpc) is 2.87. The van der Waals surface area contributed by atoms with Crippen LogP contribution >= 0.6 is 0 Å². The largest absolute Gasteiger partial charge is 0.478 e. The molecule has 28 heavy (non-hydrogen) atoms. The molecule has 1 rings (SSSR count). The lowest BCUT2D eigenvalue weighted by atomic mass is 9.84. The van der Waals surface area contributed by atoms with Gasteiger partial charge >= 0.3 is 5.97 Å². The zero-order chi connectivity index (χ0) is 21.3. The van der Waals surface area contributed by atoms with Crippen molar-refractivity contribution >= 4 is 5.97 Å². The van der Waals surface area contributed by atoms with E-state index < -0.39 is 35.8 Å². The van der Waals surface area contributed by atoms with Crippen molar-refractivity contribution in [1.29, 1.82) is 0 Å². The lowest BCUT2D eigenvalue weighted by Crippen LogP contribution is -2.33. The maximum absolute atomic E-state index is 10.5. The number of aliphatic hydroxyl groups excluding tert-OH is 4. The first kappa shape index (κ1) is 24.8. The SMILES string of the molecule is CCOCC(C)(C)C(O)C=C[C@H]1C(O)CC(O)[C@@H]1CC(O)CCC=CC(=O)O. The second kappa shape index (κ2) is 11.7. The lowest BCUT2D eigenvalue weighted by Gasteiger charge is -2.29. The molecule has 0 aromatic carbocycles. The summed E-state index contributed by atoms with van der Waals surface area (Å²) in [5.74, 6) is -1.72. The number of hydrogen-bond acceptors (Lipinski definition) is 6. The van der Waals surface area contributed by atoms with Gasteiger partial charge in [-0.1, -0.05) is 32.1 Å². The fraction of sp³-hybridized carbons (Fsp3) is 0.762. The molecule has 0 aromatic heterocycles. The smallest absolute Gasteiger partial charge is 0.327 e. The zero-order valence-corrected chi connectivity index (χ0v) is 17.1. The highest BCUT2D eigenvalue weighted by Crippen LogP contribution is 2.37. The van der Waals surface area contributed by atoms with Gasteiger partial charge in [0.15, 0.2) is 0 Å². The van der Waals surface area contributed by atoms with E-state index in [4.69, 9.17) is 9.84 Å². The Kier molecular flexibility index (Phi) is 10.3. The molecule has 5 N–H and O–H groups in total. The first-order chi connectivity index (χ1) is 13.1. The van der Waals surface area contributed by atoms with Crippen LogP contribution in [0, 0.1) is 17.3 Å². The minimum Gasteiger partial charge on any atom is -0.478 e. The molecular formula is C21H36O7. The number of ether oxygens (including phenoxy) is 1. The maximum atomic E-state index is 10.5. The summed E-state index contributed by atoms with van der Waals surface area (Å²) >= 11 is 0. The monoisotopic (exact) mass is 400 g/mol. The molecule has 4 unspecified atom stereocenters. The highest BCUT2D eigenvalue weighted by Gasteiger charge is 2.41. The zero-order valence-electron chi connectivity index (χ0n) is 17.1. The molecule has 7 heteroatoms. The molecule has 1 aliphatic rings. The lowest BCUT2D eigenvalue weighted by molar-refractivity contribution is -0.131. The summed E-state index contributed by atoms with van der Waals surface area (Å²) in [6, 6.07) is 0. The molecule has 0 aliphatic heterocycles. The van der Waals surface area contributed by atoms with Crippen LogP contribution in [0.25, 0.3) is 0 Å². The molecule has 0 saturated heterocycles. The van der Waals surface area contributed by atoms with E-state index in [2.05, 4.69) is 0 Å². The van der Waals surface area contributed by atoms with Crippen LogP contribution < -0.4 is 0 Å². The van der Waals surface area contributed by atoms with Crippen molar-refractivity contribution in [2.45, 2.75) is 70.9 Å². The fourth-order valence-corrected chi connectivity index (χ4v) is 3.56. The highest BCUT2D eigenvalue weighted by atomic mass is 16.5. The number of rotatable bonds is 12. The van der Waals surface area contributed by atoms with Gasteiger partial charge in [0, 0.05) is 30.4 Å². The van der Waals surface area contributed by atoms with E-state index >= 15 is 0 Å². The Morgan fingerprint density at radius 2 is 1.93 bits per heavy atom. The molecule has 0 spiro atoms. The van der Waals surface area contributed by atoms with Crippen molar-refractivity contribution in [2.24, 2.45) is 17.3 Å². The molecule has 1 aliphatic carbocycles. The summed E-state index contributed by atoms with van der Waals surface area (Å²) in [6.07, 6.45) is 4.27. The van der Waals surface area contributed by atoms with Crippen molar-refractivity contribution in [1.82, 2.24) is 0 Å². The van der Waals surface area contributed by atoms with Crippen LogP contribution in [0.4, 0.5) is 0 Å². The highest BCUT2D eigenvalue weighted by molar-refractivity contribution is 5.79. The van der Waals surface area contributed by atoms with Crippen LogP contribution in [0.5, 0.6) is 0 Å². The molecule has 0 bridgehead atoms. The molecule has 162 valence electrons. The Morgan fingerprint density at radius 1 is 1.25 bits per heavy atom. The predicted molar refractivity (Wildman–Crippen MR) is 106 cm³/mol. The number of aliphatic hydroxyl groups is 4. The van der Waals surface area contributed by atoms with E-state index in [9.17, 15) is 25.2 Å². The summed E-state index contributed by atoms with van der Waals surface area (Å²) in [4.78, 5) is 10.5. The van der Waals surface area contributed by atoms with E-state index in [1.807, 2.05) is 20.8 Å². The Labute approximate surface area is 167 Å². The maximum Gasteiger partial charge on any atom is 0.327 e. The second-order valence-electron chi connectivity index (χ2n) is 8.27. The summed E-state index contributed by atoms with van der Waals surface area (Å²) < 4.78 is 5.41. The van der Waals surface area contributed by atoms with Crippen LogP contribution in [0.3, 0.4) is 0 Å². The third-order valence-corrected chi connectivity index (χ3v) is 5.38. The topological polar surface area (TPSA) is 127 Å². The Hall–Kier alpha value is -1.25. The van der Waals surface area contributed by atoms with Gasteiger partial charge < -0.3 is 30.3 Å². The Morgan fingerprint density at radius 3 is 2.54 bits per heavy atom. The summed E-state index contributed by atoms with van der Waals surface area (Å²) in [7, 11) is 0. The standard InChI is InChI=1S/C21H36O7/c1-4-28-13-21(2,3)19(25)10-9-15-16(18(24)12-17(15)23)11-14(22)7-5-6-8-20(26)27/h6,8-10,14-19,22-25H,4-5,7,11-13H2,1-3H3,(H,26,27)/t14?,15-,16-,17?,18?,19?/m1/s1. The average molecular weight is 401 g/mol. The van der Waals surface area contributed by atoms with Crippen molar-refractivity contribution in [3.05, 3.63) is 24.3 Å². The third kappa shape index (κ3) is 8.01. The van der Waals surface area contributed by atoms with Gasteiger partial charge in [-0.25, -0.2) is 4.79 Å². The quantitative estimate of drug-likeness (QED) is 0.248. The van der Waals surface area contributed by atoms with Crippen molar-refractivity contribution in [3.8, 4) is 0 Å². The first-order valence-corrected chi connectivity index (χ1v) is 9.96. The number of carboxylic acids is 1. The van der Waals surface area contributed by atoms with E-state index in [0.717, 1.165) is 6.08 Å². The van der Waals surface area contributed by atoms with Crippen molar-refractivity contribution in [3.63, 3.8) is 0 Å². The van der Waals surface area contributed by atoms with Crippen molar-refractivity contribution < 1.29 is 35.1 Å². The summed E-state index contributed by atoms with van der Waals surface area (Å²) in [5.41, 5.74) is -0.486. The van der Waals surface area contributed by atoms with Gasteiger partial charge in [-0.15, -0.1) is 0 Å². The van der Waals surface area contributed by atoms with Gasteiger partial charge in [0.1, 0.15) is 0 Å². The van der Waals surface area contributed by atoms with Crippen LogP contribution in [-0.2, 0) is 9.53 Å². The number of aliphatic carboxylic acids is 1. The summed E-state index contributed by atoms with van der Waals surface area (Å²) in [6.45, 7) is 6.64. The molecule has 0 heterocycles. The second-order valence-corrected chi connectivity index (χ2v) is 8.27. The van der Waals surface area contributed by atoms with Crippen LogP contribution in [0.1, 0.15) is 46.5 Å².